The number of thioether (sulfide) groups is 1. The zero-order valence-electron chi connectivity index (χ0n) is 16.0. The third kappa shape index (κ3) is 4.46. The van der Waals surface area contributed by atoms with E-state index in [9.17, 15) is 9.59 Å². The van der Waals surface area contributed by atoms with E-state index in [-0.39, 0.29) is 17.6 Å². The summed E-state index contributed by atoms with van der Waals surface area (Å²) in [5, 5.41) is 11.5. The quantitative estimate of drug-likeness (QED) is 0.656. The number of aromatic nitrogens is 2. The van der Waals surface area contributed by atoms with Crippen molar-refractivity contribution in [1.29, 1.82) is 0 Å². The summed E-state index contributed by atoms with van der Waals surface area (Å²) < 4.78 is 0. The summed E-state index contributed by atoms with van der Waals surface area (Å²) in [6.45, 7) is 2.69. The second kappa shape index (κ2) is 8.45. The van der Waals surface area contributed by atoms with Crippen molar-refractivity contribution in [3.63, 3.8) is 0 Å². The van der Waals surface area contributed by atoms with E-state index in [1.165, 1.54) is 17.3 Å². The van der Waals surface area contributed by atoms with Crippen LogP contribution in [0.4, 0.5) is 11.5 Å². The van der Waals surface area contributed by atoms with Crippen LogP contribution < -0.4 is 10.2 Å². The van der Waals surface area contributed by atoms with Crippen LogP contribution in [0, 0.1) is 6.92 Å². The van der Waals surface area contributed by atoms with Crippen LogP contribution in [-0.2, 0) is 11.2 Å². The van der Waals surface area contributed by atoms with Crippen LogP contribution in [0.15, 0.2) is 65.7 Å². The first-order valence-corrected chi connectivity index (χ1v) is 10.3. The molecule has 1 aliphatic heterocycles. The molecule has 2 aromatic carbocycles. The van der Waals surface area contributed by atoms with E-state index in [4.69, 9.17) is 0 Å². The third-order valence-corrected chi connectivity index (χ3v) is 5.63. The molecule has 0 unspecified atom stereocenters. The maximum atomic E-state index is 12.6. The molecular formula is C22H20N4O2S. The lowest BCUT2D eigenvalue weighted by molar-refractivity contribution is -0.116. The molecule has 6 nitrogen and oxygen atoms in total. The number of para-hydroxylation sites is 1. The van der Waals surface area contributed by atoms with E-state index >= 15 is 0 Å². The van der Waals surface area contributed by atoms with Crippen molar-refractivity contribution in [2.45, 2.75) is 18.4 Å². The smallest absolute Gasteiger partial charge is 0.256 e. The van der Waals surface area contributed by atoms with Crippen molar-refractivity contribution < 1.29 is 9.59 Å². The maximum absolute atomic E-state index is 12.6. The van der Waals surface area contributed by atoms with Gasteiger partial charge >= 0.3 is 0 Å². The van der Waals surface area contributed by atoms with Crippen molar-refractivity contribution in [3.8, 4) is 0 Å². The molecule has 146 valence electrons. The Morgan fingerprint density at radius 1 is 1.03 bits per heavy atom. The molecule has 2 heterocycles. The van der Waals surface area contributed by atoms with Gasteiger partial charge in [0.2, 0.25) is 5.91 Å². The van der Waals surface area contributed by atoms with Crippen molar-refractivity contribution in [2.24, 2.45) is 0 Å². The number of hydrogen-bond acceptors (Lipinski definition) is 5. The first kappa shape index (κ1) is 19.1. The first-order chi connectivity index (χ1) is 14.1. The average Bonchev–Trinajstić information content (AvgIpc) is 3.18. The molecule has 3 aromatic rings. The van der Waals surface area contributed by atoms with Crippen LogP contribution >= 0.6 is 11.8 Å². The van der Waals surface area contributed by atoms with Crippen LogP contribution in [0.1, 0.15) is 21.5 Å². The highest BCUT2D eigenvalue weighted by Crippen LogP contribution is 2.28. The van der Waals surface area contributed by atoms with Gasteiger partial charge in [-0.05, 0) is 49.2 Å². The fraction of sp³-hybridized carbons (Fsp3) is 0.182. The van der Waals surface area contributed by atoms with E-state index in [1.807, 2.05) is 42.2 Å². The maximum Gasteiger partial charge on any atom is 0.256 e. The van der Waals surface area contributed by atoms with Crippen LogP contribution in [0.3, 0.4) is 0 Å². The normalized spacial score (nSPS) is 12.5. The number of rotatable bonds is 5. The van der Waals surface area contributed by atoms with Gasteiger partial charge in [-0.2, -0.15) is 0 Å². The molecule has 0 fully saturated rings. The van der Waals surface area contributed by atoms with E-state index in [1.54, 1.807) is 24.3 Å². The molecule has 2 amide bonds. The number of nitrogens with one attached hydrogen (secondary N) is 1. The van der Waals surface area contributed by atoms with Gasteiger partial charge in [0.15, 0.2) is 5.82 Å². The van der Waals surface area contributed by atoms with Gasteiger partial charge in [-0.25, -0.2) is 0 Å². The lowest BCUT2D eigenvalue weighted by Crippen LogP contribution is -2.30. The Hall–Kier alpha value is -3.19. The SMILES string of the molecule is Cc1ccc(C(=O)Nc2ccc(SCC(=O)N3CCc4ccccc43)nn2)cc1. The monoisotopic (exact) mass is 404 g/mol. The summed E-state index contributed by atoms with van der Waals surface area (Å²) >= 11 is 1.34. The Kier molecular flexibility index (Phi) is 5.57. The van der Waals surface area contributed by atoms with Gasteiger partial charge in [0.1, 0.15) is 5.03 Å². The highest BCUT2D eigenvalue weighted by Gasteiger charge is 2.24. The van der Waals surface area contributed by atoms with Gasteiger partial charge in [-0.3, -0.25) is 9.59 Å². The first-order valence-electron chi connectivity index (χ1n) is 9.33. The second-order valence-electron chi connectivity index (χ2n) is 6.79. The third-order valence-electron chi connectivity index (χ3n) is 4.73. The Balaban J connectivity index is 1.32. The number of amides is 2. The van der Waals surface area contributed by atoms with Crippen LogP contribution in [0.25, 0.3) is 0 Å². The zero-order chi connectivity index (χ0) is 20.2. The summed E-state index contributed by atoms with van der Waals surface area (Å²) in [5.41, 5.74) is 3.86. The summed E-state index contributed by atoms with van der Waals surface area (Å²) in [4.78, 5) is 26.6. The topological polar surface area (TPSA) is 75.2 Å². The molecule has 0 saturated carbocycles. The second-order valence-corrected chi connectivity index (χ2v) is 7.79. The zero-order valence-corrected chi connectivity index (χ0v) is 16.8. The molecule has 0 saturated heterocycles. The van der Waals surface area contributed by atoms with Crippen LogP contribution in [-0.4, -0.2) is 34.3 Å². The number of aryl methyl sites for hydroxylation is 1. The molecule has 0 bridgehead atoms. The highest BCUT2D eigenvalue weighted by atomic mass is 32.2. The molecule has 1 aromatic heterocycles. The Morgan fingerprint density at radius 2 is 1.83 bits per heavy atom. The summed E-state index contributed by atoms with van der Waals surface area (Å²) in [6.07, 6.45) is 0.891. The molecule has 4 rings (SSSR count). The molecule has 1 N–H and O–H groups in total. The average molecular weight is 404 g/mol. The van der Waals surface area contributed by atoms with Gasteiger partial charge in [-0.15, -0.1) is 10.2 Å². The predicted octanol–water partition coefficient (Wildman–Crippen LogP) is 3.72. The lowest BCUT2D eigenvalue weighted by atomic mass is 10.1. The Labute approximate surface area is 173 Å². The van der Waals surface area contributed by atoms with Crippen molar-refractivity contribution in [2.75, 3.05) is 22.5 Å². The van der Waals surface area contributed by atoms with Gasteiger partial charge < -0.3 is 10.2 Å². The lowest BCUT2D eigenvalue weighted by Gasteiger charge is -2.16. The largest absolute Gasteiger partial charge is 0.311 e. The van der Waals surface area contributed by atoms with Gasteiger partial charge in [0.05, 0.1) is 5.75 Å². The number of carbonyl (C=O) groups excluding carboxylic acids is 2. The number of hydrogen-bond donors (Lipinski definition) is 1. The van der Waals surface area contributed by atoms with Crippen molar-refractivity contribution >= 4 is 35.1 Å². The minimum atomic E-state index is -0.234. The van der Waals surface area contributed by atoms with Crippen LogP contribution in [0.5, 0.6) is 0 Å². The number of benzene rings is 2. The van der Waals surface area contributed by atoms with Gasteiger partial charge in [-0.1, -0.05) is 47.7 Å². The van der Waals surface area contributed by atoms with E-state index in [0.717, 1.165) is 17.7 Å². The number of nitrogens with zero attached hydrogens (tertiary/aromatic N) is 3. The molecule has 0 radical (unpaired) electrons. The standard InChI is InChI=1S/C22H20N4O2S/c1-15-6-8-17(9-7-15)22(28)23-19-10-11-20(25-24-19)29-14-21(27)26-13-12-16-4-2-3-5-18(16)26/h2-11H,12-14H2,1H3,(H,23,24,28). The fourth-order valence-electron chi connectivity index (χ4n) is 3.17. The minimum Gasteiger partial charge on any atom is -0.311 e. The Bertz CT molecular complexity index is 1040. The highest BCUT2D eigenvalue weighted by molar-refractivity contribution is 7.99. The van der Waals surface area contributed by atoms with E-state index in [0.29, 0.717) is 23.0 Å². The fourth-order valence-corrected chi connectivity index (χ4v) is 3.86. The van der Waals surface area contributed by atoms with Crippen molar-refractivity contribution in [1.82, 2.24) is 10.2 Å². The molecule has 0 aliphatic carbocycles. The minimum absolute atomic E-state index is 0.0542. The van der Waals surface area contributed by atoms with E-state index < -0.39 is 0 Å². The van der Waals surface area contributed by atoms with Crippen molar-refractivity contribution in [3.05, 3.63) is 77.4 Å². The number of fused-ring (bicyclic) bond motifs is 1. The number of carbonyl (C=O) groups is 2. The van der Waals surface area contributed by atoms with Gasteiger partial charge in [0.25, 0.3) is 5.91 Å². The molecule has 0 spiro atoms. The number of anilines is 2. The summed E-state index contributed by atoms with van der Waals surface area (Å²) in [6, 6.07) is 18.7. The molecule has 1 aliphatic rings. The molecular weight excluding hydrogens is 384 g/mol. The van der Waals surface area contributed by atoms with E-state index in [2.05, 4.69) is 21.6 Å². The predicted molar refractivity (Wildman–Crippen MR) is 114 cm³/mol. The molecule has 0 atom stereocenters. The van der Waals surface area contributed by atoms with Gasteiger partial charge in [0, 0.05) is 17.8 Å². The Morgan fingerprint density at radius 3 is 2.59 bits per heavy atom. The summed E-state index contributed by atoms with van der Waals surface area (Å²) in [7, 11) is 0. The summed E-state index contributed by atoms with van der Waals surface area (Å²) in [5.74, 6) is 0.485. The molecule has 7 heteroatoms. The molecule has 29 heavy (non-hydrogen) atoms. The van der Waals surface area contributed by atoms with Crippen LogP contribution in [0.2, 0.25) is 0 Å².